The van der Waals surface area contributed by atoms with E-state index in [1.54, 1.807) is 42.5 Å². The van der Waals surface area contributed by atoms with E-state index in [-0.39, 0.29) is 17.2 Å². The summed E-state index contributed by atoms with van der Waals surface area (Å²) in [6, 6.07) is 21.0. The molecule has 1 amide bonds. The van der Waals surface area contributed by atoms with Gasteiger partial charge in [-0.15, -0.1) is 0 Å². The Kier molecular flexibility index (Phi) is 6.29. The maximum absolute atomic E-state index is 11.8. The van der Waals surface area contributed by atoms with Crippen molar-refractivity contribution in [2.24, 2.45) is 21.6 Å². The summed E-state index contributed by atoms with van der Waals surface area (Å²) in [5.41, 5.74) is 14.9. The number of primary amides is 1. The molecular formula is C22H22N4O3S. The summed E-state index contributed by atoms with van der Waals surface area (Å²) in [6.45, 7) is 0. The predicted molar refractivity (Wildman–Crippen MR) is 118 cm³/mol. The van der Waals surface area contributed by atoms with Crippen molar-refractivity contribution in [2.75, 3.05) is 0 Å². The van der Waals surface area contributed by atoms with Gasteiger partial charge in [-0.25, -0.2) is 18.5 Å². The number of hydrogen-bond donors (Lipinski definition) is 3. The molecule has 0 atom stereocenters. The number of nitrogens with two attached hydrogens (primary N) is 3. The summed E-state index contributed by atoms with van der Waals surface area (Å²) < 4.78 is 23.6. The molecule has 0 aliphatic heterocycles. The van der Waals surface area contributed by atoms with E-state index in [4.69, 9.17) is 16.6 Å². The molecule has 3 aromatic carbocycles. The zero-order valence-corrected chi connectivity index (χ0v) is 17.0. The molecule has 0 aliphatic rings. The maximum Gasteiger partial charge on any atom is 0.238 e. The molecule has 0 radical (unpaired) electrons. The highest BCUT2D eigenvalue weighted by molar-refractivity contribution is 7.89. The van der Waals surface area contributed by atoms with E-state index in [9.17, 15) is 13.2 Å². The van der Waals surface area contributed by atoms with E-state index in [1.165, 1.54) is 6.07 Å². The normalized spacial score (nSPS) is 12.0. The van der Waals surface area contributed by atoms with Gasteiger partial charge in [-0.2, -0.15) is 0 Å². The standard InChI is InChI=1S/C22H22N4O3S/c23-21(27)13-8-15-4-3-5-17(14-15)22(24)26-18-11-9-16(10-12-18)19-6-1-2-7-20(19)30(25,28)29/h1-7,9-12,14H,8,13H2,(H2,23,27)(H2,24,26)(H2,25,28,29). The van der Waals surface area contributed by atoms with Gasteiger partial charge in [0.1, 0.15) is 5.84 Å². The van der Waals surface area contributed by atoms with E-state index in [1.807, 2.05) is 24.3 Å². The van der Waals surface area contributed by atoms with Crippen molar-refractivity contribution >= 4 is 27.5 Å². The topological polar surface area (TPSA) is 142 Å². The van der Waals surface area contributed by atoms with Gasteiger partial charge in [0, 0.05) is 17.5 Å². The Morgan fingerprint density at radius 3 is 2.27 bits per heavy atom. The van der Waals surface area contributed by atoms with Gasteiger partial charge in [-0.05, 0) is 41.8 Å². The predicted octanol–water partition coefficient (Wildman–Crippen LogP) is 2.46. The van der Waals surface area contributed by atoms with Crippen molar-refractivity contribution < 1.29 is 13.2 Å². The van der Waals surface area contributed by atoms with E-state index in [0.717, 1.165) is 11.1 Å². The first-order valence-electron chi connectivity index (χ1n) is 9.18. The fourth-order valence-electron chi connectivity index (χ4n) is 3.03. The molecule has 0 aliphatic carbocycles. The summed E-state index contributed by atoms with van der Waals surface area (Å²) in [5, 5.41) is 5.31. The number of carbonyl (C=O) groups is 1. The number of aryl methyl sites for hydroxylation is 1. The number of amides is 1. The molecule has 0 bridgehead atoms. The molecule has 3 rings (SSSR count). The average Bonchev–Trinajstić information content (AvgIpc) is 2.72. The number of nitrogens with zero attached hydrogens (tertiary/aromatic N) is 1. The van der Waals surface area contributed by atoms with Crippen LogP contribution >= 0.6 is 0 Å². The van der Waals surface area contributed by atoms with Crippen LogP contribution in [0.1, 0.15) is 17.5 Å². The molecule has 0 fully saturated rings. The Labute approximate surface area is 175 Å². The lowest BCUT2D eigenvalue weighted by molar-refractivity contribution is -0.117. The zero-order chi connectivity index (χ0) is 21.7. The number of amidine groups is 1. The number of rotatable bonds is 7. The Hall–Kier alpha value is -3.49. The van der Waals surface area contributed by atoms with Gasteiger partial charge in [0.05, 0.1) is 10.6 Å². The third-order valence-corrected chi connectivity index (χ3v) is 5.47. The molecule has 0 saturated heterocycles. The van der Waals surface area contributed by atoms with Crippen LogP contribution in [0.15, 0.2) is 82.7 Å². The first-order chi connectivity index (χ1) is 14.2. The molecule has 0 spiro atoms. The lowest BCUT2D eigenvalue weighted by atomic mass is 10.0. The van der Waals surface area contributed by atoms with Gasteiger partial charge in [0.15, 0.2) is 0 Å². The fourth-order valence-corrected chi connectivity index (χ4v) is 3.79. The molecule has 0 unspecified atom stereocenters. The summed E-state index contributed by atoms with van der Waals surface area (Å²) >= 11 is 0. The van der Waals surface area contributed by atoms with Gasteiger partial charge in [-0.1, -0.05) is 48.5 Å². The third kappa shape index (κ3) is 5.31. The van der Waals surface area contributed by atoms with Crippen LogP contribution in [0.5, 0.6) is 0 Å². The monoisotopic (exact) mass is 422 g/mol. The van der Waals surface area contributed by atoms with Gasteiger partial charge in [0.2, 0.25) is 15.9 Å². The van der Waals surface area contributed by atoms with E-state index >= 15 is 0 Å². The van der Waals surface area contributed by atoms with Crippen LogP contribution in [0.2, 0.25) is 0 Å². The Balaban J connectivity index is 1.85. The third-order valence-electron chi connectivity index (χ3n) is 4.50. The second-order valence-corrected chi connectivity index (χ2v) is 8.28. The van der Waals surface area contributed by atoms with Crippen molar-refractivity contribution in [3.05, 3.63) is 83.9 Å². The molecule has 0 heterocycles. The van der Waals surface area contributed by atoms with Crippen molar-refractivity contribution in [3.8, 4) is 11.1 Å². The molecule has 154 valence electrons. The molecule has 30 heavy (non-hydrogen) atoms. The number of sulfonamides is 1. The molecule has 7 nitrogen and oxygen atoms in total. The molecular weight excluding hydrogens is 400 g/mol. The van der Waals surface area contributed by atoms with Crippen LogP contribution in [-0.2, 0) is 21.2 Å². The van der Waals surface area contributed by atoms with Gasteiger partial charge in [-0.3, -0.25) is 4.79 Å². The lowest BCUT2D eigenvalue weighted by Gasteiger charge is -2.08. The van der Waals surface area contributed by atoms with Crippen LogP contribution in [0, 0.1) is 0 Å². The Bertz CT molecular complexity index is 1200. The summed E-state index contributed by atoms with van der Waals surface area (Å²) in [4.78, 5) is 15.5. The first-order valence-corrected chi connectivity index (χ1v) is 10.7. The van der Waals surface area contributed by atoms with E-state index < -0.39 is 10.0 Å². The highest BCUT2D eigenvalue weighted by Crippen LogP contribution is 2.28. The fraction of sp³-hybridized carbons (Fsp3) is 0.0909. The van der Waals surface area contributed by atoms with Crippen molar-refractivity contribution in [1.82, 2.24) is 0 Å². The Morgan fingerprint density at radius 1 is 0.900 bits per heavy atom. The number of carbonyl (C=O) groups excluding carboxylic acids is 1. The van der Waals surface area contributed by atoms with Crippen LogP contribution in [-0.4, -0.2) is 20.2 Å². The quantitative estimate of drug-likeness (QED) is 0.397. The van der Waals surface area contributed by atoms with E-state index in [0.29, 0.717) is 29.1 Å². The molecule has 8 heteroatoms. The highest BCUT2D eigenvalue weighted by atomic mass is 32.2. The Morgan fingerprint density at radius 2 is 1.60 bits per heavy atom. The maximum atomic E-state index is 11.8. The summed E-state index contributed by atoms with van der Waals surface area (Å²) in [7, 11) is -3.84. The average molecular weight is 423 g/mol. The molecule has 6 N–H and O–H groups in total. The molecule has 0 aromatic heterocycles. The second kappa shape index (κ2) is 8.89. The van der Waals surface area contributed by atoms with E-state index in [2.05, 4.69) is 4.99 Å². The minimum absolute atomic E-state index is 0.0635. The second-order valence-electron chi connectivity index (χ2n) is 6.75. The minimum atomic E-state index is -3.84. The summed E-state index contributed by atoms with van der Waals surface area (Å²) in [6.07, 6.45) is 0.802. The first kappa shape index (κ1) is 21.2. The lowest BCUT2D eigenvalue weighted by Crippen LogP contribution is -2.14. The number of primary sulfonamides is 1. The van der Waals surface area contributed by atoms with Crippen LogP contribution in [0.25, 0.3) is 11.1 Å². The van der Waals surface area contributed by atoms with Crippen molar-refractivity contribution in [2.45, 2.75) is 17.7 Å². The highest BCUT2D eigenvalue weighted by Gasteiger charge is 2.14. The number of benzene rings is 3. The zero-order valence-electron chi connectivity index (χ0n) is 16.2. The van der Waals surface area contributed by atoms with Crippen LogP contribution < -0.4 is 16.6 Å². The summed E-state index contributed by atoms with van der Waals surface area (Å²) in [5.74, 6) is -0.0280. The molecule has 3 aromatic rings. The van der Waals surface area contributed by atoms with Gasteiger partial charge < -0.3 is 11.5 Å². The van der Waals surface area contributed by atoms with Crippen molar-refractivity contribution in [1.29, 1.82) is 0 Å². The van der Waals surface area contributed by atoms with Crippen LogP contribution in [0.3, 0.4) is 0 Å². The van der Waals surface area contributed by atoms with Gasteiger partial charge >= 0.3 is 0 Å². The number of hydrogen-bond acceptors (Lipinski definition) is 4. The minimum Gasteiger partial charge on any atom is -0.383 e. The largest absolute Gasteiger partial charge is 0.383 e. The SMILES string of the molecule is NC(=O)CCc1cccc(C(N)=Nc2ccc(-c3ccccc3S(N)(=O)=O)cc2)c1. The van der Waals surface area contributed by atoms with Crippen molar-refractivity contribution in [3.63, 3.8) is 0 Å². The smallest absolute Gasteiger partial charge is 0.238 e. The number of aliphatic imine (C=N–C) groups is 1. The van der Waals surface area contributed by atoms with Crippen LogP contribution in [0.4, 0.5) is 5.69 Å². The molecule has 0 saturated carbocycles. The van der Waals surface area contributed by atoms with Gasteiger partial charge in [0.25, 0.3) is 0 Å².